The third kappa shape index (κ3) is 4.44. The number of carboxylic acids is 1. The van der Waals surface area contributed by atoms with Crippen LogP contribution in [0.15, 0.2) is 5.16 Å². The van der Waals surface area contributed by atoms with Gasteiger partial charge in [0.2, 0.25) is 5.16 Å². The lowest BCUT2D eigenvalue weighted by atomic mass is 9.97. The quantitative estimate of drug-likeness (QED) is 0.545. The highest BCUT2D eigenvalue weighted by atomic mass is 32.2. The van der Waals surface area contributed by atoms with Crippen molar-refractivity contribution in [3.8, 4) is 0 Å². The zero-order valence-corrected chi connectivity index (χ0v) is 12.2. The van der Waals surface area contributed by atoms with Gasteiger partial charge in [0.15, 0.2) is 6.29 Å². The summed E-state index contributed by atoms with van der Waals surface area (Å²) < 4.78 is 11.7. The Morgan fingerprint density at radius 3 is 2.63 bits per heavy atom. The molecule has 0 atom stereocenters. The van der Waals surface area contributed by atoms with E-state index in [4.69, 9.17) is 14.6 Å². The number of rotatable bonds is 8. The smallest absolute Gasteiger partial charge is 0.309 e. The minimum Gasteiger partial charge on any atom is -0.481 e. The average Bonchev–Trinajstić information content (AvgIpc) is 2.80. The summed E-state index contributed by atoms with van der Waals surface area (Å²) in [5.41, 5.74) is -0.844. The summed E-state index contributed by atoms with van der Waals surface area (Å²) in [6.07, 6.45) is -0.449. The van der Waals surface area contributed by atoms with Gasteiger partial charge in [-0.3, -0.25) is 4.79 Å². The summed E-state index contributed by atoms with van der Waals surface area (Å²) in [7, 11) is 3.05. The van der Waals surface area contributed by atoms with E-state index < -0.39 is 17.7 Å². The molecule has 8 nitrogen and oxygen atoms in total. The number of thioether (sulfide) groups is 1. The maximum absolute atomic E-state index is 11.0. The van der Waals surface area contributed by atoms with E-state index >= 15 is 0 Å². The molecular formula is C10H18N4O4S. The average molecular weight is 290 g/mol. The molecule has 0 amide bonds. The van der Waals surface area contributed by atoms with Crippen molar-refractivity contribution >= 4 is 17.7 Å². The molecule has 0 saturated heterocycles. The van der Waals surface area contributed by atoms with E-state index in [1.54, 1.807) is 13.8 Å². The minimum atomic E-state index is -0.856. The van der Waals surface area contributed by atoms with E-state index in [2.05, 4.69) is 15.5 Å². The SMILES string of the molecule is COC(Cn1nnnc1SCC(C)(C)C(=O)O)OC. The second kappa shape index (κ2) is 6.83. The molecular weight excluding hydrogens is 272 g/mol. The molecule has 0 aromatic carbocycles. The Hall–Kier alpha value is -1.19. The number of ether oxygens (including phenoxy) is 2. The summed E-state index contributed by atoms with van der Waals surface area (Å²) >= 11 is 1.29. The number of nitrogens with zero attached hydrogens (tertiary/aromatic N) is 4. The van der Waals surface area contributed by atoms with Gasteiger partial charge in [0.05, 0.1) is 12.0 Å². The van der Waals surface area contributed by atoms with Crippen molar-refractivity contribution in [3.05, 3.63) is 0 Å². The van der Waals surface area contributed by atoms with Crippen LogP contribution in [0.5, 0.6) is 0 Å². The van der Waals surface area contributed by atoms with Crippen LogP contribution in [0.4, 0.5) is 0 Å². The lowest BCUT2D eigenvalue weighted by Crippen LogP contribution is -2.27. The molecule has 1 aromatic rings. The summed E-state index contributed by atoms with van der Waals surface area (Å²) in [4.78, 5) is 11.0. The van der Waals surface area contributed by atoms with Crippen molar-refractivity contribution in [2.24, 2.45) is 5.41 Å². The largest absolute Gasteiger partial charge is 0.481 e. The van der Waals surface area contributed by atoms with Crippen molar-refractivity contribution in [3.63, 3.8) is 0 Å². The van der Waals surface area contributed by atoms with Crippen molar-refractivity contribution < 1.29 is 19.4 Å². The summed E-state index contributed by atoms with van der Waals surface area (Å²) in [6, 6.07) is 0. The first-order valence-corrected chi connectivity index (χ1v) is 6.57. The first-order chi connectivity index (χ1) is 8.90. The first kappa shape index (κ1) is 15.9. The van der Waals surface area contributed by atoms with Gasteiger partial charge < -0.3 is 14.6 Å². The van der Waals surface area contributed by atoms with Crippen LogP contribution in [0.25, 0.3) is 0 Å². The van der Waals surface area contributed by atoms with Crippen molar-refractivity contribution in [1.82, 2.24) is 20.2 Å². The number of methoxy groups -OCH3 is 2. The van der Waals surface area contributed by atoms with Crippen LogP contribution in [0.2, 0.25) is 0 Å². The maximum atomic E-state index is 11.0. The predicted molar refractivity (Wildman–Crippen MR) is 67.8 cm³/mol. The Labute approximate surface area is 115 Å². The van der Waals surface area contributed by atoms with Gasteiger partial charge in [-0.15, -0.1) is 5.10 Å². The van der Waals surface area contributed by atoms with Gasteiger partial charge in [-0.05, 0) is 24.3 Å². The van der Waals surface area contributed by atoms with Crippen LogP contribution in [0.1, 0.15) is 13.8 Å². The molecule has 108 valence electrons. The van der Waals surface area contributed by atoms with Gasteiger partial charge in [0.25, 0.3) is 0 Å². The number of aromatic nitrogens is 4. The van der Waals surface area contributed by atoms with Crippen LogP contribution in [-0.4, -0.2) is 57.5 Å². The molecule has 0 aliphatic carbocycles. The Morgan fingerprint density at radius 2 is 2.11 bits per heavy atom. The standard InChI is InChI=1S/C10H18N4O4S/c1-10(2,8(15)16)6-19-9-11-12-13-14(9)5-7(17-3)18-4/h7H,5-6H2,1-4H3,(H,15,16). The third-order valence-electron chi connectivity index (χ3n) is 2.49. The van der Waals surface area contributed by atoms with Crippen LogP contribution in [-0.2, 0) is 20.8 Å². The lowest BCUT2D eigenvalue weighted by Gasteiger charge is -2.18. The highest BCUT2D eigenvalue weighted by Crippen LogP contribution is 2.26. The van der Waals surface area contributed by atoms with Crippen molar-refractivity contribution in [1.29, 1.82) is 0 Å². The fourth-order valence-electron chi connectivity index (χ4n) is 1.11. The number of carboxylic acid groups (broad SMARTS) is 1. The highest BCUT2D eigenvalue weighted by molar-refractivity contribution is 7.99. The Bertz CT molecular complexity index is 419. The molecule has 0 fully saturated rings. The fourth-order valence-corrected chi connectivity index (χ4v) is 2.08. The fraction of sp³-hybridized carbons (Fsp3) is 0.800. The summed E-state index contributed by atoms with van der Waals surface area (Å²) in [6.45, 7) is 3.66. The molecule has 0 spiro atoms. The second-order valence-corrected chi connectivity index (χ2v) is 5.46. The summed E-state index contributed by atoms with van der Waals surface area (Å²) in [5.74, 6) is -0.487. The zero-order chi connectivity index (χ0) is 14.5. The maximum Gasteiger partial charge on any atom is 0.309 e. The van der Waals surface area contributed by atoms with Gasteiger partial charge in [0.1, 0.15) is 0 Å². The highest BCUT2D eigenvalue weighted by Gasteiger charge is 2.28. The Balaban J connectivity index is 2.65. The summed E-state index contributed by atoms with van der Waals surface area (Å²) in [5, 5.41) is 20.8. The molecule has 0 saturated carbocycles. The number of hydrogen-bond donors (Lipinski definition) is 1. The Kier molecular flexibility index (Phi) is 5.70. The molecule has 1 heterocycles. The van der Waals surface area contributed by atoms with Gasteiger partial charge in [-0.25, -0.2) is 4.68 Å². The Morgan fingerprint density at radius 1 is 1.47 bits per heavy atom. The van der Waals surface area contributed by atoms with Crippen LogP contribution in [0, 0.1) is 5.41 Å². The van der Waals surface area contributed by atoms with E-state index in [1.165, 1.54) is 30.7 Å². The van der Waals surface area contributed by atoms with Gasteiger partial charge in [-0.1, -0.05) is 11.8 Å². The number of carbonyl (C=O) groups is 1. The number of hydrogen-bond acceptors (Lipinski definition) is 7. The molecule has 0 aliphatic rings. The molecule has 9 heteroatoms. The molecule has 1 aromatic heterocycles. The van der Waals surface area contributed by atoms with E-state index in [0.717, 1.165) is 0 Å². The molecule has 0 radical (unpaired) electrons. The number of tetrazole rings is 1. The van der Waals surface area contributed by atoms with E-state index in [9.17, 15) is 4.79 Å². The van der Waals surface area contributed by atoms with Crippen LogP contribution in [0.3, 0.4) is 0 Å². The number of aliphatic carboxylic acids is 1. The molecule has 0 unspecified atom stereocenters. The minimum absolute atomic E-state index is 0.343. The van der Waals surface area contributed by atoms with Gasteiger partial charge >= 0.3 is 5.97 Å². The van der Waals surface area contributed by atoms with E-state index in [1.807, 2.05) is 0 Å². The topological polar surface area (TPSA) is 99.4 Å². The zero-order valence-electron chi connectivity index (χ0n) is 11.4. The van der Waals surface area contributed by atoms with Gasteiger partial charge in [-0.2, -0.15) is 0 Å². The van der Waals surface area contributed by atoms with E-state index in [-0.39, 0.29) is 0 Å². The lowest BCUT2D eigenvalue weighted by molar-refractivity contribution is -0.145. The third-order valence-corrected chi connectivity index (χ3v) is 3.90. The molecule has 0 aliphatic heterocycles. The normalized spacial score (nSPS) is 12.1. The van der Waals surface area contributed by atoms with Crippen molar-refractivity contribution in [2.45, 2.75) is 31.8 Å². The van der Waals surface area contributed by atoms with Crippen molar-refractivity contribution in [2.75, 3.05) is 20.0 Å². The van der Waals surface area contributed by atoms with Gasteiger partial charge in [0, 0.05) is 20.0 Å². The molecule has 19 heavy (non-hydrogen) atoms. The second-order valence-electron chi connectivity index (χ2n) is 4.52. The van der Waals surface area contributed by atoms with Crippen LogP contribution >= 0.6 is 11.8 Å². The molecule has 1 N–H and O–H groups in total. The first-order valence-electron chi connectivity index (χ1n) is 5.58. The van der Waals surface area contributed by atoms with Crippen LogP contribution < -0.4 is 0 Å². The molecule has 1 rings (SSSR count). The van der Waals surface area contributed by atoms with E-state index in [0.29, 0.717) is 17.5 Å². The monoisotopic (exact) mass is 290 g/mol. The molecule has 0 bridgehead atoms. The predicted octanol–water partition coefficient (Wildman–Crippen LogP) is 0.495.